The SMILES string of the molecule is CCC(=C=O)CC(=O)O. The van der Waals surface area contributed by atoms with Crippen molar-refractivity contribution in [1.82, 2.24) is 0 Å². The Morgan fingerprint density at radius 1 is 1.67 bits per heavy atom. The molecule has 1 N–H and O–H groups in total. The lowest BCUT2D eigenvalue weighted by Gasteiger charge is -1.90. The van der Waals surface area contributed by atoms with Gasteiger partial charge in [0.25, 0.3) is 0 Å². The molecule has 9 heavy (non-hydrogen) atoms. The molecule has 0 aliphatic carbocycles. The third-order valence-electron chi connectivity index (χ3n) is 0.936. The number of aliphatic carboxylic acids is 1. The van der Waals surface area contributed by atoms with Crippen LogP contribution in [0.3, 0.4) is 0 Å². The molecule has 3 heteroatoms. The summed E-state index contributed by atoms with van der Waals surface area (Å²) >= 11 is 0. The predicted octanol–water partition coefficient (Wildman–Crippen LogP) is 0.629. The van der Waals surface area contributed by atoms with Crippen molar-refractivity contribution in [2.24, 2.45) is 0 Å². The van der Waals surface area contributed by atoms with Crippen LogP contribution in [0, 0.1) is 0 Å². The lowest BCUT2D eigenvalue weighted by atomic mass is 10.2. The summed E-state index contributed by atoms with van der Waals surface area (Å²) < 4.78 is 0. The summed E-state index contributed by atoms with van der Waals surface area (Å²) in [5, 5.41) is 8.15. The molecule has 0 heterocycles. The normalized spacial score (nSPS) is 8.11. The minimum Gasteiger partial charge on any atom is -0.481 e. The van der Waals surface area contributed by atoms with E-state index in [2.05, 4.69) is 0 Å². The number of carboxylic acid groups (broad SMARTS) is 1. The Bertz CT molecular complexity index is 154. The molecule has 0 aliphatic rings. The van der Waals surface area contributed by atoms with Crippen LogP contribution in [0.25, 0.3) is 0 Å². The smallest absolute Gasteiger partial charge is 0.308 e. The van der Waals surface area contributed by atoms with Crippen LogP contribution >= 0.6 is 0 Å². The molecule has 0 rings (SSSR count). The van der Waals surface area contributed by atoms with Crippen molar-refractivity contribution in [1.29, 1.82) is 0 Å². The summed E-state index contributed by atoms with van der Waals surface area (Å²) in [5.41, 5.74) is 0.308. The van der Waals surface area contributed by atoms with Crippen molar-refractivity contribution in [2.75, 3.05) is 0 Å². The second-order valence-corrected chi connectivity index (χ2v) is 1.63. The van der Waals surface area contributed by atoms with E-state index >= 15 is 0 Å². The highest BCUT2D eigenvalue weighted by Crippen LogP contribution is 1.99. The van der Waals surface area contributed by atoms with Crippen LogP contribution < -0.4 is 0 Å². The third kappa shape index (κ3) is 3.50. The van der Waals surface area contributed by atoms with Crippen molar-refractivity contribution in [3.63, 3.8) is 0 Å². The molecule has 0 unspecified atom stereocenters. The van der Waals surface area contributed by atoms with Crippen molar-refractivity contribution in [2.45, 2.75) is 19.8 Å². The van der Waals surface area contributed by atoms with Gasteiger partial charge in [-0.3, -0.25) is 4.79 Å². The number of rotatable bonds is 3. The van der Waals surface area contributed by atoms with Gasteiger partial charge in [0.05, 0.1) is 6.42 Å². The topological polar surface area (TPSA) is 54.4 Å². The first kappa shape index (κ1) is 7.92. The van der Waals surface area contributed by atoms with Crippen molar-refractivity contribution in [3.05, 3.63) is 5.57 Å². The lowest BCUT2D eigenvalue weighted by molar-refractivity contribution is -0.136. The molecule has 3 nitrogen and oxygen atoms in total. The van der Waals surface area contributed by atoms with Crippen molar-refractivity contribution in [3.8, 4) is 0 Å². The van der Waals surface area contributed by atoms with E-state index in [4.69, 9.17) is 5.11 Å². The minimum absolute atomic E-state index is 0.181. The summed E-state index contributed by atoms with van der Waals surface area (Å²) in [6.45, 7) is 1.73. The summed E-state index contributed by atoms with van der Waals surface area (Å²) in [6.07, 6.45) is 0.288. The number of carbonyl (C=O) groups excluding carboxylic acids is 1. The fraction of sp³-hybridized carbons (Fsp3) is 0.500. The van der Waals surface area contributed by atoms with Crippen LogP contribution in [-0.2, 0) is 9.59 Å². The van der Waals surface area contributed by atoms with E-state index in [9.17, 15) is 9.59 Å². The van der Waals surface area contributed by atoms with Crippen LogP contribution in [0.15, 0.2) is 5.57 Å². The predicted molar refractivity (Wildman–Crippen MR) is 31.8 cm³/mol. The highest BCUT2D eigenvalue weighted by Gasteiger charge is 2.00. The van der Waals surface area contributed by atoms with Gasteiger partial charge in [-0.05, 0) is 6.42 Å². The maximum atomic E-state index is 9.93. The Kier molecular flexibility index (Phi) is 3.40. The van der Waals surface area contributed by atoms with Crippen LogP contribution in [0.1, 0.15) is 19.8 Å². The molecule has 0 aromatic rings. The van der Waals surface area contributed by atoms with Gasteiger partial charge in [-0.15, -0.1) is 0 Å². The van der Waals surface area contributed by atoms with E-state index in [1.54, 1.807) is 12.9 Å². The molecular formula is C6H8O3. The molecule has 0 bridgehead atoms. The zero-order valence-corrected chi connectivity index (χ0v) is 5.18. The summed E-state index contributed by atoms with van der Waals surface area (Å²) in [5.74, 6) is 0.592. The van der Waals surface area contributed by atoms with Crippen LogP contribution in [-0.4, -0.2) is 17.0 Å². The third-order valence-corrected chi connectivity index (χ3v) is 0.936. The molecule has 0 saturated carbocycles. The second-order valence-electron chi connectivity index (χ2n) is 1.63. The standard InChI is InChI=1S/C6H8O3/c1-2-5(4-7)3-6(8)9/h2-3H2,1H3,(H,8,9). The number of hydrogen-bond acceptors (Lipinski definition) is 2. The molecule has 0 aromatic carbocycles. The van der Waals surface area contributed by atoms with Gasteiger partial charge in [-0.1, -0.05) is 6.92 Å². The van der Waals surface area contributed by atoms with Gasteiger partial charge in [-0.2, -0.15) is 0 Å². The zero-order chi connectivity index (χ0) is 7.28. The average Bonchev–Trinajstić information content (AvgIpc) is 1.82. The van der Waals surface area contributed by atoms with E-state index in [0.29, 0.717) is 12.0 Å². The van der Waals surface area contributed by atoms with E-state index in [-0.39, 0.29) is 6.42 Å². The van der Waals surface area contributed by atoms with E-state index < -0.39 is 5.97 Å². The Morgan fingerprint density at radius 3 is 2.33 bits per heavy atom. The summed E-state index contributed by atoms with van der Waals surface area (Å²) in [7, 11) is 0. The van der Waals surface area contributed by atoms with Gasteiger partial charge in [-0.25, -0.2) is 4.79 Å². The first-order chi connectivity index (χ1) is 4.20. The molecular weight excluding hydrogens is 120 g/mol. The highest BCUT2D eigenvalue weighted by atomic mass is 16.4. The van der Waals surface area contributed by atoms with Gasteiger partial charge < -0.3 is 5.11 Å². The molecule has 0 aliphatic heterocycles. The van der Waals surface area contributed by atoms with Crippen LogP contribution in [0.2, 0.25) is 0 Å². The monoisotopic (exact) mass is 128 g/mol. The fourth-order valence-corrected chi connectivity index (χ4v) is 0.416. The Labute approximate surface area is 53.0 Å². The number of hydrogen-bond donors (Lipinski definition) is 1. The lowest BCUT2D eigenvalue weighted by Crippen LogP contribution is -1.96. The largest absolute Gasteiger partial charge is 0.481 e. The molecule has 0 saturated heterocycles. The maximum absolute atomic E-state index is 9.93. The maximum Gasteiger partial charge on any atom is 0.308 e. The highest BCUT2D eigenvalue weighted by molar-refractivity contribution is 5.73. The van der Waals surface area contributed by atoms with E-state index in [1.165, 1.54) is 0 Å². The van der Waals surface area contributed by atoms with Gasteiger partial charge in [0.2, 0.25) is 0 Å². The molecule has 0 amide bonds. The van der Waals surface area contributed by atoms with Crippen molar-refractivity contribution < 1.29 is 14.7 Å². The van der Waals surface area contributed by atoms with Gasteiger partial charge in [0, 0.05) is 5.57 Å². The Morgan fingerprint density at radius 2 is 2.22 bits per heavy atom. The molecule has 0 radical (unpaired) electrons. The molecule has 0 atom stereocenters. The van der Waals surface area contributed by atoms with Crippen LogP contribution in [0.5, 0.6) is 0 Å². The van der Waals surface area contributed by atoms with E-state index in [0.717, 1.165) is 0 Å². The number of carbonyl (C=O) groups is 1. The number of carboxylic acids is 1. The van der Waals surface area contributed by atoms with Crippen LogP contribution in [0.4, 0.5) is 0 Å². The molecule has 50 valence electrons. The summed E-state index contributed by atoms with van der Waals surface area (Å²) in [4.78, 5) is 19.8. The van der Waals surface area contributed by atoms with E-state index in [1.807, 2.05) is 0 Å². The van der Waals surface area contributed by atoms with Gasteiger partial charge >= 0.3 is 5.97 Å². The first-order valence-electron chi connectivity index (χ1n) is 2.65. The minimum atomic E-state index is -0.977. The zero-order valence-electron chi connectivity index (χ0n) is 5.18. The Hall–Kier alpha value is -1.08. The molecule has 0 spiro atoms. The second kappa shape index (κ2) is 3.87. The van der Waals surface area contributed by atoms with Gasteiger partial charge in [0.1, 0.15) is 5.94 Å². The fourth-order valence-electron chi connectivity index (χ4n) is 0.416. The quantitative estimate of drug-likeness (QED) is 0.567. The molecule has 0 fully saturated rings. The van der Waals surface area contributed by atoms with Gasteiger partial charge in [0.15, 0.2) is 0 Å². The first-order valence-corrected chi connectivity index (χ1v) is 2.65. The van der Waals surface area contributed by atoms with Crippen molar-refractivity contribution >= 4 is 11.9 Å². The molecule has 0 aromatic heterocycles. The summed E-state index contributed by atoms with van der Waals surface area (Å²) in [6, 6.07) is 0. The average molecular weight is 128 g/mol. The Balaban J connectivity index is 3.87.